The topological polar surface area (TPSA) is 83.9 Å². The number of thiophene rings is 1. The van der Waals surface area contributed by atoms with E-state index in [1.54, 1.807) is 23.1 Å². The standard InChI is InChI=1S/C29H29FN4O5S/c30-22-6-3-20(4-7-22)23-17-24(21-5-8-25-26(16-21)39-19-38-25)34(31-23)28(35)18-33(29(36)27-2-1-15-40-27)10-9-32-11-13-37-14-12-32/h1-8,15-16,24H,9-14,17-19H2/t24-/m0/s1. The maximum atomic E-state index is 13.9. The van der Waals surface area contributed by atoms with Crippen LogP contribution in [-0.4, -0.2) is 85.1 Å². The SMILES string of the molecule is O=C(c1cccs1)N(CCN1CCOCC1)CC(=O)N1N=C(c2ccc(F)cc2)C[C@H]1c1ccc2c(c1)OCO2. The van der Waals surface area contributed by atoms with Crippen LogP contribution in [0.2, 0.25) is 0 Å². The average Bonchev–Trinajstić information content (AvgIpc) is 3.76. The number of halogens is 1. The maximum absolute atomic E-state index is 13.9. The molecule has 6 rings (SSSR count). The van der Waals surface area contributed by atoms with Gasteiger partial charge in [-0.1, -0.05) is 24.3 Å². The minimum Gasteiger partial charge on any atom is -0.454 e. The zero-order chi connectivity index (χ0) is 27.5. The summed E-state index contributed by atoms with van der Waals surface area (Å²) in [6, 6.07) is 14.9. The number of amides is 2. The summed E-state index contributed by atoms with van der Waals surface area (Å²) in [7, 11) is 0. The molecular weight excluding hydrogens is 535 g/mol. The van der Waals surface area contributed by atoms with Crippen LogP contribution in [0.3, 0.4) is 0 Å². The van der Waals surface area contributed by atoms with E-state index in [4.69, 9.17) is 19.3 Å². The molecule has 0 spiro atoms. The van der Waals surface area contributed by atoms with Crippen molar-refractivity contribution in [3.63, 3.8) is 0 Å². The largest absolute Gasteiger partial charge is 0.454 e. The van der Waals surface area contributed by atoms with Crippen LogP contribution in [0, 0.1) is 5.82 Å². The van der Waals surface area contributed by atoms with E-state index in [2.05, 4.69) is 4.90 Å². The number of carbonyl (C=O) groups excluding carboxylic acids is 2. The van der Waals surface area contributed by atoms with Crippen molar-refractivity contribution in [2.24, 2.45) is 5.10 Å². The van der Waals surface area contributed by atoms with Crippen LogP contribution in [0.1, 0.15) is 33.3 Å². The molecule has 9 nitrogen and oxygen atoms in total. The minimum absolute atomic E-state index is 0.123. The van der Waals surface area contributed by atoms with E-state index in [1.165, 1.54) is 28.5 Å². The third-order valence-electron chi connectivity index (χ3n) is 7.26. The van der Waals surface area contributed by atoms with Gasteiger partial charge in [0.1, 0.15) is 12.4 Å². The maximum Gasteiger partial charge on any atom is 0.264 e. The van der Waals surface area contributed by atoms with Gasteiger partial charge in [-0.3, -0.25) is 14.5 Å². The van der Waals surface area contributed by atoms with E-state index in [0.717, 1.165) is 24.2 Å². The van der Waals surface area contributed by atoms with Crippen LogP contribution >= 0.6 is 11.3 Å². The number of rotatable bonds is 8. The third kappa shape index (κ3) is 5.72. The summed E-state index contributed by atoms with van der Waals surface area (Å²) >= 11 is 1.35. The number of ether oxygens (including phenoxy) is 3. The Bertz CT molecular complexity index is 1390. The van der Waals surface area contributed by atoms with Gasteiger partial charge in [0.05, 0.1) is 29.8 Å². The lowest BCUT2D eigenvalue weighted by atomic mass is 9.98. The Hall–Kier alpha value is -3.80. The molecule has 1 fully saturated rings. The zero-order valence-electron chi connectivity index (χ0n) is 21.8. The Kier molecular flexibility index (Phi) is 7.76. The third-order valence-corrected chi connectivity index (χ3v) is 8.12. The predicted molar refractivity (Wildman–Crippen MR) is 147 cm³/mol. The van der Waals surface area contributed by atoms with Gasteiger partial charge in [0.25, 0.3) is 11.8 Å². The number of hydrazone groups is 1. The molecule has 0 saturated carbocycles. The monoisotopic (exact) mass is 564 g/mol. The van der Waals surface area contributed by atoms with Crippen LogP contribution in [-0.2, 0) is 9.53 Å². The van der Waals surface area contributed by atoms with Crippen molar-refractivity contribution >= 4 is 28.9 Å². The molecule has 0 radical (unpaired) electrons. The van der Waals surface area contributed by atoms with Crippen molar-refractivity contribution < 1.29 is 28.2 Å². The summed E-state index contributed by atoms with van der Waals surface area (Å²) in [5.41, 5.74) is 2.24. The normalized spacial score (nSPS) is 18.6. The van der Waals surface area contributed by atoms with Gasteiger partial charge in [-0.15, -0.1) is 11.3 Å². The van der Waals surface area contributed by atoms with Crippen molar-refractivity contribution in [1.29, 1.82) is 0 Å². The van der Waals surface area contributed by atoms with Gasteiger partial charge in [0, 0.05) is 32.6 Å². The molecule has 3 aromatic rings. The van der Waals surface area contributed by atoms with Crippen molar-refractivity contribution in [1.82, 2.24) is 14.8 Å². The molecule has 3 aliphatic heterocycles. The molecule has 0 aliphatic carbocycles. The first-order chi connectivity index (χ1) is 19.5. The first-order valence-corrected chi connectivity index (χ1v) is 14.1. The Morgan fingerprint density at radius 2 is 1.85 bits per heavy atom. The Balaban J connectivity index is 1.26. The van der Waals surface area contributed by atoms with Crippen molar-refractivity contribution in [2.75, 3.05) is 52.7 Å². The van der Waals surface area contributed by atoms with E-state index >= 15 is 0 Å². The second kappa shape index (κ2) is 11.7. The lowest BCUT2D eigenvalue weighted by molar-refractivity contribution is -0.133. The van der Waals surface area contributed by atoms with E-state index < -0.39 is 6.04 Å². The highest BCUT2D eigenvalue weighted by molar-refractivity contribution is 7.12. The van der Waals surface area contributed by atoms with Gasteiger partial charge < -0.3 is 19.1 Å². The van der Waals surface area contributed by atoms with E-state index in [-0.39, 0.29) is 31.0 Å². The summed E-state index contributed by atoms with van der Waals surface area (Å²) in [4.78, 5) is 31.8. The average molecular weight is 565 g/mol. The smallest absolute Gasteiger partial charge is 0.264 e. The number of hydrogen-bond acceptors (Lipinski definition) is 8. The molecule has 0 N–H and O–H groups in total. The second-order valence-electron chi connectivity index (χ2n) is 9.78. The first kappa shape index (κ1) is 26.4. The van der Waals surface area contributed by atoms with Gasteiger partial charge in [-0.25, -0.2) is 9.40 Å². The van der Waals surface area contributed by atoms with E-state index in [1.807, 2.05) is 29.6 Å². The molecule has 1 atom stereocenters. The van der Waals surface area contributed by atoms with Crippen LogP contribution in [0.15, 0.2) is 65.1 Å². The van der Waals surface area contributed by atoms with E-state index in [9.17, 15) is 14.0 Å². The number of nitrogens with zero attached hydrogens (tertiary/aromatic N) is 4. The highest BCUT2D eigenvalue weighted by atomic mass is 32.1. The number of carbonyl (C=O) groups is 2. The quantitative estimate of drug-likeness (QED) is 0.414. The molecule has 1 aromatic heterocycles. The van der Waals surface area contributed by atoms with Crippen LogP contribution in [0.25, 0.3) is 0 Å². The predicted octanol–water partition coefficient (Wildman–Crippen LogP) is 3.77. The Morgan fingerprint density at radius 3 is 2.62 bits per heavy atom. The zero-order valence-corrected chi connectivity index (χ0v) is 22.6. The van der Waals surface area contributed by atoms with Crippen LogP contribution in [0.5, 0.6) is 11.5 Å². The molecule has 2 amide bonds. The van der Waals surface area contributed by atoms with Gasteiger partial charge in [-0.2, -0.15) is 5.10 Å². The fourth-order valence-electron chi connectivity index (χ4n) is 5.07. The number of morpholine rings is 1. The molecular formula is C29H29FN4O5S. The lowest BCUT2D eigenvalue weighted by Crippen LogP contribution is -2.46. The number of hydrogen-bond donors (Lipinski definition) is 0. The number of fused-ring (bicyclic) bond motifs is 1. The van der Waals surface area contributed by atoms with Crippen molar-refractivity contribution in [3.8, 4) is 11.5 Å². The Labute approximate surface area is 235 Å². The highest BCUT2D eigenvalue weighted by Crippen LogP contribution is 2.39. The fraction of sp³-hybridized carbons (Fsp3) is 0.345. The molecule has 0 bridgehead atoms. The van der Waals surface area contributed by atoms with Gasteiger partial charge in [0.2, 0.25) is 6.79 Å². The second-order valence-corrected chi connectivity index (χ2v) is 10.7. The molecule has 2 aromatic carbocycles. The lowest BCUT2D eigenvalue weighted by Gasteiger charge is -2.31. The van der Waals surface area contributed by atoms with Crippen LogP contribution < -0.4 is 9.47 Å². The van der Waals surface area contributed by atoms with E-state index in [0.29, 0.717) is 54.8 Å². The molecule has 3 aliphatic rings. The summed E-state index contributed by atoms with van der Waals surface area (Å²) in [5, 5.41) is 8.02. The van der Waals surface area contributed by atoms with Gasteiger partial charge in [-0.05, 0) is 46.8 Å². The van der Waals surface area contributed by atoms with Crippen molar-refractivity contribution in [2.45, 2.75) is 12.5 Å². The summed E-state index contributed by atoms with van der Waals surface area (Å²) in [6.07, 6.45) is 0.434. The van der Waals surface area contributed by atoms with Crippen LogP contribution in [0.4, 0.5) is 4.39 Å². The molecule has 40 heavy (non-hydrogen) atoms. The molecule has 0 unspecified atom stereocenters. The van der Waals surface area contributed by atoms with Gasteiger partial charge in [0.15, 0.2) is 11.5 Å². The summed E-state index contributed by atoms with van der Waals surface area (Å²) in [6.45, 7) is 3.96. The molecule has 208 valence electrons. The van der Waals surface area contributed by atoms with Gasteiger partial charge >= 0.3 is 0 Å². The molecule has 1 saturated heterocycles. The highest BCUT2D eigenvalue weighted by Gasteiger charge is 2.35. The summed E-state index contributed by atoms with van der Waals surface area (Å²) in [5.74, 6) is 0.436. The molecule has 4 heterocycles. The summed E-state index contributed by atoms with van der Waals surface area (Å²) < 4.78 is 30.1. The Morgan fingerprint density at radius 1 is 1.05 bits per heavy atom. The fourth-order valence-corrected chi connectivity index (χ4v) is 5.76. The van der Waals surface area contributed by atoms with Crippen molar-refractivity contribution in [3.05, 3.63) is 81.8 Å². The first-order valence-electron chi connectivity index (χ1n) is 13.2. The number of benzene rings is 2. The minimum atomic E-state index is -0.417. The molecule has 11 heteroatoms.